The van der Waals surface area contributed by atoms with Gasteiger partial charge in [-0.15, -0.1) is 0 Å². The van der Waals surface area contributed by atoms with Gasteiger partial charge in [-0.25, -0.2) is 4.79 Å². The molecule has 4 atom stereocenters. The number of amides is 3. The first-order chi connectivity index (χ1) is 16.8. The summed E-state index contributed by atoms with van der Waals surface area (Å²) in [6.07, 6.45) is 0.129. The Morgan fingerprint density at radius 3 is 2.19 bits per heavy atom. The van der Waals surface area contributed by atoms with Crippen LogP contribution in [-0.4, -0.2) is 40.5 Å². The predicted molar refractivity (Wildman–Crippen MR) is 142 cm³/mol. The van der Waals surface area contributed by atoms with Crippen LogP contribution in [0.5, 0.6) is 0 Å². The molecule has 2 N–H and O–H groups in total. The topological polar surface area (TPSA) is 87.7 Å². The second-order valence-electron chi connectivity index (χ2n) is 10.9. The van der Waals surface area contributed by atoms with Crippen LogP contribution in [-0.2, 0) is 14.3 Å². The number of hydrogen-bond acceptors (Lipinski definition) is 4. The van der Waals surface area contributed by atoms with Crippen molar-refractivity contribution in [3.05, 3.63) is 64.7 Å². The molecular formula is C29H39N3O4. The fraction of sp³-hybridized carbons (Fsp3) is 0.483. The number of rotatable bonds is 7. The van der Waals surface area contributed by atoms with E-state index in [1.54, 1.807) is 32.6 Å². The minimum atomic E-state index is -0.869. The molecule has 2 aromatic carbocycles. The van der Waals surface area contributed by atoms with E-state index in [1.165, 1.54) is 0 Å². The lowest BCUT2D eigenvalue weighted by Gasteiger charge is -2.35. The molecule has 3 amide bonds. The predicted octanol–water partition coefficient (Wildman–Crippen LogP) is 5.44. The van der Waals surface area contributed by atoms with E-state index < -0.39 is 23.8 Å². The second kappa shape index (κ2) is 10.7. The summed E-state index contributed by atoms with van der Waals surface area (Å²) >= 11 is 0. The Hall–Kier alpha value is -3.35. The normalized spacial score (nSPS) is 18.6. The van der Waals surface area contributed by atoms with Crippen molar-refractivity contribution in [2.75, 3.05) is 5.32 Å². The van der Waals surface area contributed by atoms with Crippen LogP contribution in [0.4, 0.5) is 10.5 Å². The summed E-state index contributed by atoms with van der Waals surface area (Å²) in [4.78, 5) is 41.9. The smallest absolute Gasteiger partial charge is 0.408 e. The summed E-state index contributed by atoms with van der Waals surface area (Å²) in [6, 6.07) is 11.6. The molecule has 0 heterocycles. The molecule has 0 spiro atoms. The van der Waals surface area contributed by atoms with Crippen molar-refractivity contribution in [3.8, 4) is 0 Å². The highest BCUT2D eigenvalue weighted by atomic mass is 16.6. The maximum Gasteiger partial charge on any atom is 0.408 e. The number of aryl methyl sites for hydroxylation is 2. The number of carbonyl (C=O) groups is 3. The van der Waals surface area contributed by atoms with Gasteiger partial charge in [0.1, 0.15) is 17.7 Å². The molecule has 1 fully saturated rings. The fourth-order valence-electron chi connectivity index (χ4n) is 4.34. The maximum atomic E-state index is 13.9. The Morgan fingerprint density at radius 1 is 1.00 bits per heavy atom. The summed E-state index contributed by atoms with van der Waals surface area (Å²) in [5.41, 5.74) is 3.72. The molecule has 4 unspecified atom stereocenters. The van der Waals surface area contributed by atoms with Gasteiger partial charge >= 0.3 is 6.09 Å². The quantitative estimate of drug-likeness (QED) is 0.537. The molecule has 1 saturated carbocycles. The number of carbonyl (C=O) groups excluding carboxylic acids is 3. The molecule has 194 valence electrons. The zero-order valence-corrected chi connectivity index (χ0v) is 22.6. The van der Waals surface area contributed by atoms with Gasteiger partial charge in [-0.1, -0.05) is 43.3 Å². The molecule has 36 heavy (non-hydrogen) atoms. The molecule has 7 nitrogen and oxygen atoms in total. The molecule has 3 rings (SSSR count). The van der Waals surface area contributed by atoms with Crippen molar-refractivity contribution in [2.24, 2.45) is 5.92 Å². The molecule has 0 bridgehead atoms. The third-order valence-electron chi connectivity index (χ3n) is 6.65. The lowest BCUT2D eigenvalue weighted by atomic mass is 9.94. The van der Waals surface area contributed by atoms with Gasteiger partial charge < -0.3 is 20.3 Å². The number of anilines is 1. The third kappa shape index (κ3) is 6.45. The first kappa shape index (κ1) is 27.2. The Kier molecular flexibility index (Phi) is 8.12. The van der Waals surface area contributed by atoms with Gasteiger partial charge in [-0.2, -0.15) is 0 Å². The van der Waals surface area contributed by atoms with Crippen molar-refractivity contribution in [1.29, 1.82) is 0 Å². The van der Waals surface area contributed by atoms with Crippen LogP contribution in [0.2, 0.25) is 0 Å². The van der Waals surface area contributed by atoms with E-state index in [-0.39, 0.29) is 23.8 Å². The van der Waals surface area contributed by atoms with Gasteiger partial charge in [0.05, 0.1) is 0 Å². The first-order valence-electron chi connectivity index (χ1n) is 12.5. The average molecular weight is 494 g/mol. The molecule has 2 aromatic rings. The number of hydrogen-bond donors (Lipinski definition) is 2. The lowest BCUT2D eigenvalue weighted by molar-refractivity contribution is -0.141. The zero-order valence-electron chi connectivity index (χ0n) is 22.6. The molecular weight excluding hydrogens is 454 g/mol. The number of ether oxygens (including phenoxy) is 1. The van der Waals surface area contributed by atoms with Crippen molar-refractivity contribution in [1.82, 2.24) is 10.2 Å². The highest BCUT2D eigenvalue weighted by Crippen LogP contribution is 2.42. The molecule has 7 heteroatoms. The van der Waals surface area contributed by atoms with Crippen molar-refractivity contribution in [2.45, 2.75) is 85.5 Å². The summed E-state index contributed by atoms with van der Waals surface area (Å²) < 4.78 is 5.36. The summed E-state index contributed by atoms with van der Waals surface area (Å²) in [5, 5.41) is 5.71. The molecule has 0 saturated heterocycles. The Bertz CT molecular complexity index is 1140. The second-order valence-corrected chi connectivity index (χ2v) is 10.9. The standard InChI is InChI=1S/C29H39N3O4/c1-17-13-11-14-22(20(17)4)25(26(33)31-23-15-10-9-12-18(23)2)32(24-16-19(24)3)27(34)21(5)30-28(35)36-29(6,7)8/h9-15,19,21,24-25H,16H2,1-8H3,(H,30,35)(H,31,33). The minimum Gasteiger partial charge on any atom is -0.444 e. The van der Waals surface area contributed by atoms with E-state index in [9.17, 15) is 14.4 Å². The van der Waals surface area contributed by atoms with Crippen molar-refractivity contribution in [3.63, 3.8) is 0 Å². The molecule has 1 aliphatic rings. The van der Waals surface area contributed by atoms with Crippen LogP contribution < -0.4 is 10.6 Å². The van der Waals surface area contributed by atoms with Crippen molar-refractivity contribution < 1.29 is 19.1 Å². The van der Waals surface area contributed by atoms with Crippen LogP contribution >= 0.6 is 0 Å². The molecule has 0 radical (unpaired) electrons. The van der Waals surface area contributed by atoms with Gasteiger partial charge in [0.25, 0.3) is 5.91 Å². The van der Waals surface area contributed by atoms with Crippen LogP contribution in [0.1, 0.15) is 69.3 Å². The monoisotopic (exact) mass is 493 g/mol. The van der Waals surface area contributed by atoms with Crippen LogP contribution in [0.25, 0.3) is 0 Å². The minimum absolute atomic E-state index is 0.104. The van der Waals surface area contributed by atoms with E-state index in [2.05, 4.69) is 17.6 Å². The lowest BCUT2D eigenvalue weighted by Crippen LogP contribution is -2.52. The summed E-state index contributed by atoms with van der Waals surface area (Å²) in [7, 11) is 0. The van der Waals surface area contributed by atoms with E-state index in [0.717, 1.165) is 28.7 Å². The summed E-state index contributed by atoms with van der Waals surface area (Å²) in [5.74, 6) is -0.350. The summed E-state index contributed by atoms with van der Waals surface area (Å²) in [6.45, 7) is 14.9. The first-order valence-corrected chi connectivity index (χ1v) is 12.5. The highest BCUT2D eigenvalue weighted by Gasteiger charge is 2.48. The zero-order chi connectivity index (χ0) is 26.8. The van der Waals surface area contributed by atoms with Gasteiger partial charge in [0.15, 0.2) is 0 Å². The van der Waals surface area contributed by atoms with Gasteiger partial charge in [-0.3, -0.25) is 9.59 Å². The number of para-hydroxylation sites is 1. The fourth-order valence-corrected chi connectivity index (χ4v) is 4.34. The van der Waals surface area contributed by atoms with E-state index >= 15 is 0 Å². The van der Waals surface area contributed by atoms with Gasteiger partial charge in [0.2, 0.25) is 5.91 Å². The Morgan fingerprint density at radius 2 is 1.61 bits per heavy atom. The SMILES string of the molecule is Cc1ccccc1NC(=O)C(c1cccc(C)c1C)N(C(=O)C(C)NC(=O)OC(C)(C)C)C1CC1C. The number of alkyl carbamates (subject to hydrolysis) is 1. The molecule has 1 aliphatic carbocycles. The molecule has 0 aliphatic heterocycles. The van der Waals surface area contributed by atoms with Crippen molar-refractivity contribution >= 4 is 23.6 Å². The van der Waals surface area contributed by atoms with Crippen LogP contribution in [0.15, 0.2) is 42.5 Å². The van der Waals surface area contributed by atoms with E-state index in [1.807, 2.05) is 63.2 Å². The number of nitrogens with zero attached hydrogens (tertiary/aromatic N) is 1. The Balaban J connectivity index is 2.00. The van der Waals surface area contributed by atoms with E-state index in [0.29, 0.717) is 5.69 Å². The highest BCUT2D eigenvalue weighted by molar-refractivity contribution is 5.99. The maximum absolute atomic E-state index is 13.9. The number of nitrogens with one attached hydrogen (secondary N) is 2. The van der Waals surface area contributed by atoms with Crippen LogP contribution in [0.3, 0.4) is 0 Å². The van der Waals surface area contributed by atoms with E-state index in [4.69, 9.17) is 4.74 Å². The molecule has 0 aromatic heterocycles. The number of benzene rings is 2. The van der Waals surface area contributed by atoms with Gasteiger partial charge in [0, 0.05) is 11.7 Å². The Labute approximate surface area is 214 Å². The van der Waals surface area contributed by atoms with Crippen LogP contribution in [0, 0.1) is 26.7 Å². The average Bonchev–Trinajstić information content (AvgIpc) is 3.49. The largest absolute Gasteiger partial charge is 0.444 e. The third-order valence-corrected chi connectivity index (χ3v) is 6.65. The van der Waals surface area contributed by atoms with Gasteiger partial charge in [-0.05, 0) is 89.1 Å².